The largest absolute Gasteiger partial charge is 0.381 e. The van der Waals surface area contributed by atoms with Gasteiger partial charge < -0.3 is 10.1 Å². The van der Waals surface area contributed by atoms with Crippen LogP contribution in [0.5, 0.6) is 0 Å². The fourth-order valence-electron chi connectivity index (χ4n) is 1.43. The Morgan fingerprint density at radius 2 is 2.18 bits per heavy atom. The monoisotopic (exact) mass is 319 g/mol. The minimum absolute atomic E-state index is 0.760. The van der Waals surface area contributed by atoms with Crippen molar-refractivity contribution in [3.05, 3.63) is 33.3 Å². The van der Waals surface area contributed by atoms with Gasteiger partial charge in [0, 0.05) is 24.2 Å². The van der Waals surface area contributed by atoms with E-state index in [2.05, 4.69) is 34.2 Å². The molecule has 96 valence electrons. The van der Waals surface area contributed by atoms with E-state index in [1.54, 1.807) is 0 Å². The highest BCUT2D eigenvalue weighted by molar-refractivity contribution is 9.10. The molecule has 1 aromatic carbocycles. The number of rotatable bonds is 8. The fourth-order valence-corrected chi connectivity index (χ4v) is 1.88. The molecule has 0 aliphatic carbocycles. The van der Waals surface area contributed by atoms with Gasteiger partial charge in [-0.25, -0.2) is 0 Å². The summed E-state index contributed by atoms with van der Waals surface area (Å²) in [6, 6.07) is 6.02. The van der Waals surface area contributed by atoms with Crippen LogP contribution in [0.2, 0.25) is 5.02 Å². The maximum Gasteiger partial charge on any atom is 0.0551 e. The molecule has 0 aromatic heterocycles. The molecule has 0 radical (unpaired) electrons. The minimum Gasteiger partial charge on any atom is -0.381 e. The van der Waals surface area contributed by atoms with Crippen molar-refractivity contribution in [1.82, 2.24) is 5.32 Å². The van der Waals surface area contributed by atoms with Crippen LogP contribution >= 0.6 is 27.5 Å². The summed E-state index contributed by atoms with van der Waals surface area (Å²) < 4.78 is 6.34. The van der Waals surface area contributed by atoms with Crippen molar-refractivity contribution in [2.45, 2.75) is 26.3 Å². The molecule has 17 heavy (non-hydrogen) atoms. The Kier molecular flexibility index (Phi) is 7.86. The predicted molar refractivity (Wildman–Crippen MR) is 76.6 cm³/mol. The first-order chi connectivity index (χ1) is 8.24. The van der Waals surface area contributed by atoms with Gasteiger partial charge in [0.2, 0.25) is 0 Å². The molecule has 2 nitrogen and oxygen atoms in total. The van der Waals surface area contributed by atoms with Gasteiger partial charge in [0.25, 0.3) is 0 Å². The average Bonchev–Trinajstić information content (AvgIpc) is 2.32. The van der Waals surface area contributed by atoms with Crippen molar-refractivity contribution in [1.29, 1.82) is 0 Å². The van der Waals surface area contributed by atoms with Crippen molar-refractivity contribution in [3.8, 4) is 0 Å². The molecule has 0 aliphatic rings. The van der Waals surface area contributed by atoms with Crippen LogP contribution in [0, 0.1) is 0 Å². The van der Waals surface area contributed by atoms with Crippen LogP contribution in [0.25, 0.3) is 0 Å². The highest BCUT2D eigenvalue weighted by atomic mass is 79.9. The molecule has 0 unspecified atom stereocenters. The van der Waals surface area contributed by atoms with E-state index in [4.69, 9.17) is 16.3 Å². The van der Waals surface area contributed by atoms with E-state index in [0.29, 0.717) is 0 Å². The highest BCUT2D eigenvalue weighted by Gasteiger charge is 1.98. The van der Waals surface area contributed by atoms with Crippen LogP contribution < -0.4 is 5.32 Å². The molecule has 0 heterocycles. The molecule has 0 atom stereocenters. The van der Waals surface area contributed by atoms with Gasteiger partial charge in [-0.15, -0.1) is 0 Å². The first-order valence-corrected chi connectivity index (χ1v) is 7.13. The third kappa shape index (κ3) is 6.41. The van der Waals surface area contributed by atoms with Gasteiger partial charge in [-0.1, -0.05) is 24.6 Å². The van der Waals surface area contributed by atoms with Crippen molar-refractivity contribution >= 4 is 27.5 Å². The summed E-state index contributed by atoms with van der Waals surface area (Å²) >= 11 is 9.39. The summed E-state index contributed by atoms with van der Waals surface area (Å²) in [5.41, 5.74) is 1.20. The summed E-state index contributed by atoms with van der Waals surface area (Å²) in [6.07, 6.45) is 2.13. The maximum atomic E-state index is 6.02. The molecular formula is C13H19BrClNO. The lowest BCUT2D eigenvalue weighted by molar-refractivity contribution is 0.132. The number of halogens is 2. The zero-order valence-corrected chi connectivity index (χ0v) is 12.5. The van der Waals surface area contributed by atoms with Crippen molar-refractivity contribution in [2.24, 2.45) is 0 Å². The van der Waals surface area contributed by atoms with Crippen LogP contribution in [0.1, 0.15) is 25.3 Å². The third-order valence-corrected chi connectivity index (χ3v) is 3.54. The van der Waals surface area contributed by atoms with E-state index in [9.17, 15) is 0 Å². The number of hydrogen-bond acceptors (Lipinski definition) is 2. The molecule has 0 bridgehead atoms. The number of benzene rings is 1. The molecule has 1 N–H and O–H groups in total. The summed E-state index contributed by atoms with van der Waals surface area (Å²) in [6.45, 7) is 5.64. The van der Waals surface area contributed by atoms with Gasteiger partial charge in [0.15, 0.2) is 0 Å². The predicted octanol–water partition coefficient (Wildman–Crippen LogP) is 4.01. The van der Waals surface area contributed by atoms with Crippen molar-refractivity contribution in [2.75, 3.05) is 19.8 Å². The Bertz CT molecular complexity index is 333. The number of hydrogen-bond donors (Lipinski definition) is 1. The normalized spacial score (nSPS) is 10.8. The first kappa shape index (κ1) is 15.0. The highest BCUT2D eigenvalue weighted by Crippen LogP contribution is 2.22. The molecule has 1 aromatic rings. The molecule has 0 fully saturated rings. The molecular weight excluding hydrogens is 302 g/mol. The Morgan fingerprint density at radius 1 is 1.35 bits per heavy atom. The molecule has 0 aliphatic heterocycles. The SMILES string of the molecule is CCCOCCCNCc1ccc(Br)c(Cl)c1. The minimum atomic E-state index is 0.760. The van der Waals surface area contributed by atoms with Gasteiger partial charge in [0.1, 0.15) is 0 Å². The van der Waals surface area contributed by atoms with E-state index in [1.165, 1.54) is 5.56 Å². The second-order valence-corrected chi connectivity index (χ2v) is 5.15. The van der Waals surface area contributed by atoms with E-state index in [0.717, 1.165) is 48.6 Å². The second kappa shape index (κ2) is 8.92. The van der Waals surface area contributed by atoms with E-state index < -0.39 is 0 Å². The van der Waals surface area contributed by atoms with E-state index in [1.807, 2.05) is 12.1 Å². The fraction of sp³-hybridized carbons (Fsp3) is 0.538. The van der Waals surface area contributed by atoms with Crippen LogP contribution in [0.4, 0.5) is 0 Å². The topological polar surface area (TPSA) is 21.3 Å². The summed E-state index contributed by atoms with van der Waals surface area (Å²) in [7, 11) is 0. The first-order valence-electron chi connectivity index (χ1n) is 5.96. The van der Waals surface area contributed by atoms with E-state index in [-0.39, 0.29) is 0 Å². The lowest BCUT2D eigenvalue weighted by Gasteiger charge is -2.06. The molecule has 0 spiro atoms. The molecule has 0 amide bonds. The van der Waals surface area contributed by atoms with Crippen LogP contribution in [-0.4, -0.2) is 19.8 Å². The standard InChI is InChI=1S/C13H19BrClNO/c1-2-7-17-8-3-6-16-10-11-4-5-12(14)13(15)9-11/h4-5,9,16H,2-3,6-8,10H2,1H3. The van der Waals surface area contributed by atoms with Crippen molar-refractivity contribution < 1.29 is 4.74 Å². The summed E-state index contributed by atoms with van der Waals surface area (Å²) in [4.78, 5) is 0. The van der Waals surface area contributed by atoms with Gasteiger partial charge >= 0.3 is 0 Å². The Hall–Kier alpha value is -0.0900. The molecule has 0 saturated heterocycles. The lowest BCUT2D eigenvalue weighted by Crippen LogP contribution is -2.16. The quantitative estimate of drug-likeness (QED) is 0.731. The van der Waals surface area contributed by atoms with Gasteiger partial charge in [-0.2, -0.15) is 0 Å². The molecule has 0 saturated carbocycles. The van der Waals surface area contributed by atoms with Crippen molar-refractivity contribution in [3.63, 3.8) is 0 Å². The summed E-state index contributed by atoms with van der Waals surface area (Å²) in [5, 5.41) is 4.13. The van der Waals surface area contributed by atoms with Gasteiger partial charge in [0.05, 0.1) is 5.02 Å². The van der Waals surface area contributed by atoms with E-state index >= 15 is 0 Å². The van der Waals surface area contributed by atoms with Crippen LogP contribution in [0.15, 0.2) is 22.7 Å². The Morgan fingerprint density at radius 3 is 2.88 bits per heavy atom. The Balaban J connectivity index is 2.11. The average molecular weight is 321 g/mol. The lowest BCUT2D eigenvalue weighted by atomic mass is 10.2. The maximum absolute atomic E-state index is 6.02. The number of nitrogens with one attached hydrogen (secondary N) is 1. The number of ether oxygens (including phenoxy) is 1. The second-order valence-electron chi connectivity index (χ2n) is 3.89. The van der Waals surface area contributed by atoms with Crippen LogP contribution in [-0.2, 0) is 11.3 Å². The van der Waals surface area contributed by atoms with Gasteiger partial charge in [-0.3, -0.25) is 0 Å². The third-order valence-electron chi connectivity index (χ3n) is 2.30. The smallest absolute Gasteiger partial charge is 0.0551 e. The zero-order chi connectivity index (χ0) is 12.5. The Labute approximate surface area is 117 Å². The van der Waals surface area contributed by atoms with Gasteiger partial charge in [-0.05, 0) is 53.0 Å². The molecule has 4 heteroatoms. The molecule has 1 rings (SSSR count). The summed E-state index contributed by atoms with van der Waals surface area (Å²) in [5.74, 6) is 0. The zero-order valence-electron chi connectivity index (χ0n) is 10.1. The van der Waals surface area contributed by atoms with Crippen LogP contribution in [0.3, 0.4) is 0 Å².